The van der Waals surface area contributed by atoms with E-state index in [1.807, 2.05) is 55.7 Å². The van der Waals surface area contributed by atoms with E-state index in [9.17, 15) is 14.4 Å². The molecule has 2 aliphatic rings. The lowest BCUT2D eigenvalue weighted by molar-refractivity contribution is -0.121. The maximum absolute atomic E-state index is 14.5. The second kappa shape index (κ2) is 8.63. The first-order chi connectivity index (χ1) is 18.2. The molecule has 2 aliphatic carbocycles. The summed E-state index contributed by atoms with van der Waals surface area (Å²) in [6.45, 7) is 7.79. The number of halogens is 1. The SMILES string of the molecule is Cc1noc(C)c1-c1cccc(-c2nc3c(n2-c2cccc(F)c2)CC[C@@H]2[C@@H](C)C(=O)C(C#N)=C[C@@]32C)c1. The number of aromatic nitrogens is 3. The van der Waals surface area contributed by atoms with Crippen molar-refractivity contribution in [2.24, 2.45) is 11.8 Å². The van der Waals surface area contributed by atoms with Gasteiger partial charge in [-0.15, -0.1) is 0 Å². The number of rotatable bonds is 3. The molecule has 0 unspecified atom stereocenters. The van der Waals surface area contributed by atoms with E-state index in [1.54, 1.807) is 6.07 Å². The fourth-order valence-electron chi connectivity index (χ4n) is 6.51. The van der Waals surface area contributed by atoms with Crippen molar-refractivity contribution in [3.05, 3.63) is 88.8 Å². The highest BCUT2D eigenvalue weighted by Crippen LogP contribution is 2.50. The van der Waals surface area contributed by atoms with Gasteiger partial charge in [0.25, 0.3) is 0 Å². The minimum absolute atomic E-state index is 0.0250. The molecule has 0 bridgehead atoms. The van der Waals surface area contributed by atoms with Crippen LogP contribution in [0.2, 0.25) is 0 Å². The van der Waals surface area contributed by atoms with Crippen molar-refractivity contribution in [3.63, 3.8) is 0 Å². The van der Waals surface area contributed by atoms with Gasteiger partial charge in [0.2, 0.25) is 0 Å². The first kappa shape index (κ1) is 24.1. The number of fused-ring (bicyclic) bond motifs is 3. The Morgan fingerprint density at radius 2 is 1.92 bits per heavy atom. The van der Waals surface area contributed by atoms with Crippen LogP contribution in [-0.2, 0) is 16.6 Å². The number of carbonyl (C=O) groups excluding carboxylic acids is 1. The number of imidazole rings is 1. The number of nitrogens with zero attached hydrogens (tertiary/aromatic N) is 4. The van der Waals surface area contributed by atoms with Gasteiger partial charge in [-0.25, -0.2) is 9.37 Å². The van der Waals surface area contributed by atoms with Crippen LogP contribution in [0.25, 0.3) is 28.2 Å². The van der Waals surface area contributed by atoms with Crippen molar-refractivity contribution in [1.29, 1.82) is 5.26 Å². The molecule has 2 heterocycles. The zero-order valence-corrected chi connectivity index (χ0v) is 21.7. The number of allylic oxidation sites excluding steroid dienone is 2. The molecule has 0 amide bonds. The van der Waals surface area contributed by atoms with Crippen molar-refractivity contribution >= 4 is 5.78 Å². The molecule has 2 aromatic carbocycles. The van der Waals surface area contributed by atoms with Crippen LogP contribution in [0.4, 0.5) is 4.39 Å². The number of aryl methyl sites for hydroxylation is 2. The summed E-state index contributed by atoms with van der Waals surface area (Å²) in [7, 11) is 0. The van der Waals surface area contributed by atoms with Crippen LogP contribution in [0.3, 0.4) is 0 Å². The molecule has 6 rings (SSSR count). The molecule has 0 saturated carbocycles. The molecule has 190 valence electrons. The first-order valence-electron chi connectivity index (χ1n) is 12.8. The number of hydrogen-bond donors (Lipinski definition) is 0. The minimum Gasteiger partial charge on any atom is -0.361 e. The molecule has 0 spiro atoms. The van der Waals surface area contributed by atoms with Crippen molar-refractivity contribution in [3.8, 4) is 34.3 Å². The molecular weight excluding hydrogens is 479 g/mol. The van der Waals surface area contributed by atoms with E-state index in [0.29, 0.717) is 17.9 Å². The average molecular weight is 507 g/mol. The van der Waals surface area contributed by atoms with E-state index in [0.717, 1.165) is 46.0 Å². The number of nitriles is 1. The highest BCUT2D eigenvalue weighted by molar-refractivity contribution is 6.02. The van der Waals surface area contributed by atoms with Crippen LogP contribution < -0.4 is 0 Å². The predicted molar refractivity (Wildman–Crippen MR) is 141 cm³/mol. The Kier molecular flexibility index (Phi) is 5.46. The van der Waals surface area contributed by atoms with Crippen LogP contribution in [0.1, 0.15) is 43.1 Å². The van der Waals surface area contributed by atoms with Crippen molar-refractivity contribution in [2.75, 3.05) is 0 Å². The summed E-state index contributed by atoms with van der Waals surface area (Å²) < 4.78 is 21.9. The summed E-state index contributed by atoms with van der Waals surface area (Å²) in [4.78, 5) is 18.1. The Labute approximate surface area is 220 Å². The van der Waals surface area contributed by atoms with E-state index in [1.165, 1.54) is 12.1 Å². The average Bonchev–Trinajstić information content (AvgIpc) is 3.46. The predicted octanol–water partition coefficient (Wildman–Crippen LogP) is 6.44. The second-order valence-electron chi connectivity index (χ2n) is 10.6. The Hall–Kier alpha value is -4.31. The number of hydrogen-bond acceptors (Lipinski definition) is 5. The lowest BCUT2D eigenvalue weighted by atomic mass is 9.58. The highest BCUT2D eigenvalue weighted by atomic mass is 19.1. The fraction of sp³-hybridized carbons (Fsp3) is 0.290. The summed E-state index contributed by atoms with van der Waals surface area (Å²) in [5, 5.41) is 13.8. The summed E-state index contributed by atoms with van der Waals surface area (Å²) in [6.07, 6.45) is 3.27. The molecule has 6 nitrogen and oxygen atoms in total. The quantitative estimate of drug-likeness (QED) is 0.319. The first-order valence-corrected chi connectivity index (χ1v) is 12.8. The van der Waals surface area contributed by atoms with Gasteiger partial charge >= 0.3 is 0 Å². The standard InChI is InChI=1S/C31H27FN4O2/c1-17-25-11-12-26-29(31(25,4)15-22(16-33)28(17)37)34-30(36(26)24-10-6-9-23(32)14-24)21-8-5-7-20(13-21)27-18(2)35-38-19(27)3/h5-10,13-15,17,25H,11-12H2,1-4H3/t17-,25-,31-/m1/s1. The van der Waals surface area contributed by atoms with Gasteiger partial charge in [0, 0.05) is 28.2 Å². The number of Topliss-reactive ketones (excluding diaryl/α,β-unsaturated/α-hetero) is 1. The third kappa shape index (κ3) is 3.47. The number of carbonyl (C=O) groups is 1. The molecule has 3 atom stereocenters. The number of benzene rings is 2. The van der Waals surface area contributed by atoms with Gasteiger partial charge in [-0.3, -0.25) is 9.36 Å². The lowest BCUT2D eigenvalue weighted by Crippen LogP contribution is -2.45. The third-order valence-electron chi connectivity index (χ3n) is 8.30. The molecule has 2 aromatic heterocycles. The fourth-order valence-corrected chi connectivity index (χ4v) is 6.51. The molecular formula is C31H27FN4O2. The molecule has 0 aliphatic heterocycles. The Bertz CT molecular complexity index is 1670. The Morgan fingerprint density at radius 1 is 1.16 bits per heavy atom. The van der Waals surface area contributed by atoms with Crippen LogP contribution >= 0.6 is 0 Å². The van der Waals surface area contributed by atoms with Crippen LogP contribution in [0, 0.1) is 42.8 Å². The van der Waals surface area contributed by atoms with E-state index >= 15 is 0 Å². The topological polar surface area (TPSA) is 84.7 Å². The summed E-state index contributed by atoms with van der Waals surface area (Å²) in [5.74, 6) is 0.736. The normalized spacial score (nSPS) is 22.4. The second-order valence-corrected chi connectivity index (χ2v) is 10.6. The van der Waals surface area contributed by atoms with E-state index in [-0.39, 0.29) is 29.0 Å². The Morgan fingerprint density at radius 3 is 2.63 bits per heavy atom. The van der Waals surface area contributed by atoms with E-state index in [2.05, 4.69) is 24.2 Å². The molecule has 0 saturated heterocycles. The minimum atomic E-state index is -0.599. The third-order valence-corrected chi connectivity index (χ3v) is 8.30. The van der Waals surface area contributed by atoms with Gasteiger partial charge in [0.05, 0.1) is 22.6 Å². The zero-order valence-electron chi connectivity index (χ0n) is 21.7. The van der Waals surface area contributed by atoms with Crippen molar-refractivity contribution in [2.45, 2.75) is 46.0 Å². The van der Waals surface area contributed by atoms with Gasteiger partial charge in [-0.05, 0) is 62.4 Å². The zero-order chi connectivity index (χ0) is 26.8. The molecule has 0 fully saturated rings. The maximum atomic E-state index is 14.5. The van der Waals surface area contributed by atoms with Crippen LogP contribution in [0.15, 0.2) is 64.7 Å². The smallest absolute Gasteiger partial charge is 0.176 e. The van der Waals surface area contributed by atoms with Gasteiger partial charge in [-0.1, -0.05) is 49.3 Å². The highest BCUT2D eigenvalue weighted by Gasteiger charge is 2.50. The molecule has 4 aromatic rings. The van der Waals surface area contributed by atoms with Gasteiger partial charge in [-0.2, -0.15) is 5.26 Å². The molecule has 38 heavy (non-hydrogen) atoms. The molecule has 0 radical (unpaired) electrons. The molecule has 0 N–H and O–H groups in total. The summed E-state index contributed by atoms with van der Waals surface area (Å²) >= 11 is 0. The van der Waals surface area contributed by atoms with Gasteiger partial charge in [0.1, 0.15) is 23.5 Å². The summed E-state index contributed by atoms with van der Waals surface area (Å²) in [5.41, 5.74) is 5.65. The maximum Gasteiger partial charge on any atom is 0.176 e. The largest absolute Gasteiger partial charge is 0.361 e. The van der Waals surface area contributed by atoms with Crippen LogP contribution in [-0.4, -0.2) is 20.5 Å². The van der Waals surface area contributed by atoms with Crippen LogP contribution in [0.5, 0.6) is 0 Å². The van der Waals surface area contributed by atoms with Gasteiger partial charge < -0.3 is 4.52 Å². The van der Waals surface area contributed by atoms with E-state index < -0.39 is 5.41 Å². The monoisotopic (exact) mass is 506 g/mol. The lowest BCUT2D eigenvalue weighted by Gasteiger charge is -2.44. The molecule has 7 heteroatoms. The van der Waals surface area contributed by atoms with Crippen molar-refractivity contribution in [1.82, 2.24) is 14.7 Å². The van der Waals surface area contributed by atoms with Crippen molar-refractivity contribution < 1.29 is 13.7 Å². The van der Waals surface area contributed by atoms with Gasteiger partial charge in [0.15, 0.2) is 5.78 Å². The van der Waals surface area contributed by atoms with E-state index in [4.69, 9.17) is 9.51 Å². The Balaban J connectivity index is 1.62. The number of ketones is 1. The summed E-state index contributed by atoms with van der Waals surface area (Å²) in [6, 6.07) is 16.7.